The number of rotatable bonds is 5. The van der Waals surface area contributed by atoms with Crippen molar-refractivity contribution in [1.29, 1.82) is 0 Å². The summed E-state index contributed by atoms with van der Waals surface area (Å²) in [5, 5.41) is 19.6. The van der Waals surface area contributed by atoms with E-state index in [1.165, 1.54) is 12.1 Å². The Morgan fingerprint density at radius 2 is 1.96 bits per heavy atom. The number of hydrogen-bond acceptors (Lipinski definition) is 6. The summed E-state index contributed by atoms with van der Waals surface area (Å²) in [5.74, 6) is -0.686. The van der Waals surface area contributed by atoms with E-state index in [4.69, 9.17) is 9.39 Å². The largest absolute Gasteiger partial charge is 0.535 e. The Bertz CT molecular complexity index is 817. The summed E-state index contributed by atoms with van der Waals surface area (Å²) in [6.45, 7) is 1.96. The molecule has 1 atom stereocenters. The highest BCUT2D eigenvalue weighted by molar-refractivity contribution is 6.47. The fourth-order valence-corrected chi connectivity index (χ4v) is 3.03. The zero-order valence-corrected chi connectivity index (χ0v) is 14.3. The molecule has 134 valence electrons. The maximum absolute atomic E-state index is 12.4. The molecule has 0 unspecified atom stereocenters. The molecule has 7 heteroatoms. The highest BCUT2D eigenvalue weighted by Gasteiger charge is 2.38. The first-order valence-corrected chi connectivity index (χ1v) is 8.45. The lowest BCUT2D eigenvalue weighted by Crippen LogP contribution is -2.36. The summed E-state index contributed by atoms with van der Waals surface area (Å²) in [6, 6.07) is 11.1. The predicted octanol–water partition coefficient (Wildman–Crippen LogP) is 2.63. The number of Topliss-reactive ketones (excluding diaryl/α,β-unsaturated/α-hetero) is 1. The van der Waals surface area contributed by atoms with Gasteiger partial charge in [0.05, 0.1) is 6.61 Å². The standard InChI is InChI=1S/C19H19BO6/c1-2-25-19(23)16-5-3-4-13-10-14(20(24)26-18(13)16)11-17(22)12-6-8-15(21)9-7-12/h3-9,14,21,24H,2,10-11H2,1H3/t14-/m1/s1. The van der Waals surface area contributed by atoms with E-state index in [0.717, 1.165) is 5.56 Å². The van der Waals surface area contributed by atoms with E-state index in [-0.39, 0.29) is 30.1 Å². The van der Waals surface area contributed by atoms with Gasteiger partial charge in [-0.3, -0.25) is 4.79 Å². The minimum Gasteiger partial charge on any atom is -0.535 e. The molecule has 0 aliphatic carbocycles. The van der Waals surface area contributed by atoms with Crippen molar-refractivity contribution in [2.45, 2.75) is 25.6 Å². The van der Waals surface area contributed by atoms with Crippen LogP contribution in [0, 0.1) is 0 Å². The van der Waals surface area contributed by atoms with Gasteiger partial charge in [0.2, 0.25) is 0 Å². The van der Waals surface area contributed by atoms with Crippen LogP contribution in [0.4, 0.5) is 0 Å². The molecule has 0 fully saturated rings. The van der Waals surface area contributed by atoms with Gasteiger partial charge in [-0.2, -0.15) is 0 Å². The van der Waals surface area contributed by atoms with Gasteiger partial charge in [0.15, 0.2) is 5.78 Å². The van der Waals surface area contributed by atoms with Gasteiger partial charge in [-0.15, -0.1) is 0 Å². The lowest BCUT2D eigenvalue weighted by Gasteiger charge is -2.28. The molecule has 0 bridgehead atoms. The lowest BCUT2D eigenvalue weighted by atomic mass is 9.64. The molecular formula is C19H19BO6. The molecule has 0 spiro atoms. The zero-order valence-electron chi connectivity index (χ0n) is 14.3. The van der Waals surface area contributed by atoms with Gasteiger partial charge in [-0.05, 0) is 49.2 Å². The second-order valence-corrected chi connectivity index (χ2v) is 6.16. The Balaban J connectivity index is 1.77. The minimum atomic E-state index is -1.20. The Morgan fingerprint density at radius 1 is 1.23 bits per heavy atom. The highest BCUT2D eigenvalue weighted by Crippen LogP contribution is 2.37. The number of aromatic hydroxyl groups is 1. The maximum atomic E-state index is 12.4. The van der Waals surface area contributed by atoms with Crippen LogP contribution in [0.5, 0.6) is 11.5 Å². The summed E-state index contributed by atoms with van der Waals surface area (Å²) in [4.78, 5) is 24.5. The molecule has 0 saturated heterocycles. The van der Waals surface area contributed by atoms with Crippen molar-refractivity contribution >= 4 is 18.9 Å². The number of carbonyl (C=O) groups excluding carboxylic acids is 2. The molecule has 2 N–H and O–H groups in total. The van der Waals surface area contributed by atoms with Crippen molar-refractivity contribution in [1.82, 2.24) is 0 Å². The van der Waals surface area contributed by atoms with Crippen LogP contribution in [-0.2, 0) is 11.2 Å². The SMILES string of the molecule is CCOC(=O)c1cccc2c1OB(O)[C@@H](CC(=O)c1ccc(O)cc1)C2. The summed E-state index contributed by atoms with van der Waals surface area (Å²) < 4.78 is 10.6. The molecule has 1 aliphatic rings. The van der Waals surface area contributed by atoms with Gasteiger partial charge in [0.25, 0.3) is 0 Å². The molecule has 0 amide bonds. The smallest absolute Gasteiger partial charge is 0.526 e. The van der Waals surface area contributed by atoms with Crippen LogP contribution in [0.1, 0.15) is 39.6 Å². The first-order chi connectivity index (χ1) is 12.5. The molecule has 1 heterocycles. The van der Waals surface area contributed by atoms with E-state index in [0.29, 0.717) is 17.7 Å². The van der Waals surface area contributed by atoms with Gasteiger partial charge < -0.3 is 19.5 Å². The Labute approximate surface area is 151 Å². The fourth-order valence-electron chi connectivity index (χ4n) is 3.03. The third-order valence-electron chi connectivity index (χ3n) is 4.35. The van der Waals surface area contributed by atoms with Gasteiger partial charge in [-0.1, -0.05) is 12.1 Å². The maximum Gasteiger partial charge on any atom is 0.526 e. The summed E-state index contributed by atoms with van der Waals surface area (Å²) in [5.41, 5.74) is 1.48. The number of esters is 1. The molecule has 6 nitrogen and oxygen atoms in total. The Kier molecular flexibility index (Phi) is 5.28. The minimum absolute atomic E-state index is 0.0861. The summed E-state index contributed by atoms with van der Waals surface area (Å²) >= 11 is 0. The number of benzene rings is 2. The molecule has 1 aliphatic heterocycles. The van der Waals surface area contributed by atoms with Crippen LogP contribution >= 0.6 is 0 Å². The monoisotopic (exact) mass is 354 g/mol. The van der Waals surface area contributed by atoms with Crippen molar-refractivity contribution in [3.8, 4) is 11.5 Å². The van der Waals surface area contributed by atoms with Crippen molar-refractivity contribution < 1.29 is 29.1 Å². The van der Waals surface area contributed by atoms with Crippen LogP contribution in [-0.4, -0.2) is 35.6 Å². The third kappa shape index (κ3) is 3.73. The number of phenolic OH excluding ortho intramolecular Hbond substituents is 1. The lowest BCUT2D eigenvalue weighted by molar-refractivity contribution is 0.0523. The fraction of sp³-hybridized carbons (Fsp3) is 0.263. The van der Waals surface area contributed by atoms with Crippen LogP contribution in [0.25, 0.3) is 0 Å². The Hall–Kier alpha value is -2.80. The molecule has 0 saturated carbocycles. The molecule has 0 radical (unpaired) electrons. The van der Waals surface area contributed by atoms with Crippen LogP contribution in [0.2, 0.25) is 5.82 Å². The van der Waals surface area contributed by atoms with Gasteiger partial charge in [-0.25, -0.2) is 4.79 Å². The third-order valence-corrected chi connectivity index (χ3v) is 4.35. The number of carbonyl (C=O) groups is 2. The van der Waals surface area contributed by atoms with Crippen LogP contribution in [0.15, 0.2) is 42.5 Å². The number of fused-ring (bicyclic) bond motifs is 1. The molecule has 2 aromatic rings. The van der Waals surface area contributed by atoms with Crippen molar-refractivity contribution in [3.63, 3.8) is 0 Å². The first-order valence-electron chi connectivity index (χ1n) is 8.45. The number of phenols is 1. The van der Waals surface area contributed by atoms with Gasteiger partial charge in [0.1, 0.15) is 17.1 Å². The molecule has 3 rings (SSSR count). The summed E-state index contributed by atoms with van der Waals surface area (Å²) in [6.07, 6.45) is 0.503. The average molecular weight is 354 g/mol. The van der Waals surface area contributed by atoms with Crippen molar-refractivity contribution in [2.75, 3.05) is 6.61 Å². The zero-order chi connectivity index (χ0) is 18.7. The number of ketones is 1. The second-order valence-electron chi connectivity index (χ2n) is 6.16. The van der Waals surface area contributed by atoms with Crippen LogP contribution < -0.4 is 4.65 Å². The van der Waals surface area contributed by atoms with E-state index in [1.54, 1.807) is 31.2 Å². The van der Waals surface area contributed by atoms with Crippen molar-refractivity contribution in [3.05, 3.63) is 59.2 Å². The van der Waals surface area contributed by atoms with E-state index in [1.807, 2.05) is 6.07 Å². The molecule has 2 aromatic carbocycles. The summed E-state index contributed by atoms with van der Waals surface area (Å²) in [7, 11) is -1.20. The molecule has 0 aromatic heterocycles. The number of ether oxygens (including phenoxy) is 1. The van der Waals surface area contributed by atoms with Gasteiger partial charge >= 0.3 is 13.1 Å². The first kappa shape index (κ1) is 18.0. The normalized spacial score (nSPS) is 15.8. The topological polar surface area (TPSA) is 93.1 Å². The highest BCUT2D eigenvalue weighted by atomic mass is 16.5. The van der Waals surface area contributed by atoms with E-state index >= 15 is 0 Å². The van der Waals surface area contributed by atoms with E-state index in [9.17, 15) is 19.7 Å². The van der Waals surface area contributed by atoms with Crippen molar-refractivity contribution in [2.24, 2.45) is 0 Å². The Morgan fingerprint density at radius 3 is 2.65 bits per heavy atom. The second kappa shape index (κ2) is 7.62. The molecular weight excluding hydrogens is 335 g/mol. The van der Waals surface area contributed by atoms with E-state index < -0.39 is 18.9 Å². The number of para-hydroxylation sites is 1. The predicted molar refractivity (Wildman–Crippen MR) is 95.5 cm³/mol. The van der Waals surface area contributed by atoms with Gasteiger partial charge in [0, 0.05) is 17.8 Å². The van der Waals surface area contributed by atoms with Crippen LogP contribution in [0.3, 0.4) is 0 Å². The van der Waals surface area contributed by atoms with E-state index in [2.05, 4.69) is 0 Å². The number of hydrogen-bond donors (Lipinski definition) is 2. The quantitative estimate of drug-likeness (QED) is 0.487. The molecule has 26 heavy (non-hydrogen) atoms. The average Bonchev–Trinajstić information content (AvgIpc) is 2.62.